The number of benzene rings is 2. The molecule has 7 nitrogen and oxygen atoms in total. The number of hydrogen-bond acceptors (Lipinski definition) is 6. The van der Waals surface area contributed by atoms with Crippen molar-refractivity contribution in [2.75, 3.05) is 59.5 Å². The third kappa shape index (κ3) is 4.62. The van der Waals surface area contributed by atoms with Crippen LogP contribution in [0, 0.1) is 0 Å². The van der Waals surface area contributed by atoms with E-state index in [0.29, 0.717) is 30.3 Å². The summed E-state index contributed by atoms with van der Waals surface area (Å²) in [5.41, 5.74) is 1.80. The predicted octanol–water partition coefficient (Wildman–Crippen LogP) is 3.08. The zero-order valence-electron chi connectivity index (χ0n) is 17.9. The smallest absolute Gasteiger partial charge is 0.246 e. The second-order valence-corrected chi connectivity index (χ2v) is 6.77. The zero-order chi connectivity index (χ0) is 21.5. The normalized spacial score (nSPS) is 14.0. The largest absolute Gasteiger partial charge is 0.496 e. The number of amides is 1. The minimum Gasteiger partial charge on any atom is -0.496 e. The van der Waals surface area contributed by atoms with Crippen LogP contribution in [0.2, 0.25) is 0 Å². The highest BCUT2D eigenvalue weighted by atomic mass is 16.5. The lowest BCUT2D eigenvalue weighted by Gasteiger charge is -2.36. The van der Waals surface area contributed by atoms with Gasteiger partial charge in [0.25, 0.3) is 0 Å². The Hall–Kier alpha value is -3.35. The predicted molar refractivity (Wildman–Crippen MR) is 117 cm³/mol. The van der Waals surface area contributed by atoms with Gasteiger partial charge >= 0.3 is 0 Å². The molecule has 0 spiro atoms. The monoisotopic (exact) mass is 412 g/mol. The van der Waals surface area contributed by atoms with Crippen LogP contribution in [0.5, 0.6) is 23.0 Å². The van der Waals surface area contributed by atoms with Gasteiger partial charge in [0.2, 0.25) is 5.91 Å². The van der Waals surface area contributed by atoms with Gasteiger partial charge in [0.05, 0.1) is 34.1 Å². The average molecular weight is 412 g/mol. The van der Waals surface area contributed by atoms with Crippen LogP contribution < -0.4 is 23.8 Å². The van der Waals surface area contributed by atoms with Gasteiger partial charge < -0.3 is 28.7 Å². The van der Waals surface area contributed by atoms with Crippen molar-refractivity contribution in [2.45, 2.75) is 0 Å². The number of hydrogen-bond donors (Lipinski definition) is 0. The van der Waals surface area contributed by atoms with Crippen molar-refractivity contribution in [1.82, 2.24) is 4.90 Å². The molecule has 7 heteroatoms. The molecule has 0 unspecified atom stereocenters. The summed E-state index contributed by atoms with van der Waals surface area (Å²) in [5, 5.41) is 0. The first kappa shape index (κ1) is 21.4. The van der Waals surface area contributed by atoms with Crippen molar-refractivity contribution >= 4 is 17.7 Å². The molecule has 0 saturated carbocycles. The molecule has 1 amide bonds. The molecular formula is C23H28N2O5. The van der Waals surface area contributed by atoms with E-state index in [2.05, 4.69) is 4.90 Å². The number of rotatable bonds is 7. The molecule has 1 aliphatic rings. The van der Waals surface area contributed by atoms with Gasteiger partial charge in [-0.05, 0) is 24.3 Å². The summed E-state index contributed by atoms with van der Waals surface area (Å²) in [6, 6.07) is 11.5. The summed E-state index contributed by atoms with van der Waals surface area (Å²) in [6.45, 7) is 2.79. The Bertz CT molecular complexity index is 904. The maximum atomic E-state index is 12.7. The topological polar surface area (TPSA) is 60.5 Å². The van der Waals surface area contributed by atoms with Crippen LogP contribution in [0.15, 0.2) is 42.5 Å². The molecular weight excluding hydrogens is 384 g/mol. The van der Waals surface area contributed by atoms with Crippen LogP contribution in [0.1, 0.15) is 5.56 Å². The van der Waals surface area contributed by atoms with Gasteiger partial charge in [-0.1, -0.05) is 12.1 Å². The lowest BCUT2D eigenvalue weighted by molar-refractivity contribution is -0.126. The molecule has 3 rings (SSSR count). The summed E-state index contributed by atoms with van der Waals surface area (Å²) in [6.07, 6.45) is 3.32. The fourth-order valence-electron chi connectivity index (χ4n) is 3.51. The van der Waals surface area contributed by atoms with Gasteiger partial charge in [-0.15, -0.1) is 0 Å². The van der Waals surface area contributed by atoms with Gasteiger partial charge in [-0.2, -0.15) is 0 Å². The molecule has 1 aliphatic heterocycles. The van der Waals surface area contributed by atoms with Crippen molar-refractivity contribution in [3.8, 4) is 23.0 Å². The van der Waals surface area contributed by atoms with Crippen LogP contribution in [-0.4, -0.2) is 65.4 Å². The van der Waals surface area contributed by atoms with Crippen LogP contribution in [0.3, 0.4) is 0 Å². The van der Waals surface area contributed by atoms with E-state index in [1.54, 1.807) is 52.7 Å². The second kappa shape index (κ2) is 9.91. The molecule has 2 aromatic carbocycles. The molecule has 0 bridgehead atoms. The van der Waals surface area contributed by atoms with Crippen molar-refractivity contribution in [3.63, 3.8) is 0 Å². The van der Waals surface area contributed by atoms with Gasteiger partial charge in [0.15, 0.2) is 11.5 Å². The molecule has 1 saturated heterocycles. The van der Waals surface area contributed by atoms with Crippen LogP contribution in [-0.2, 0) is 4.79 Å². The van der Waals surface area contributed by atoms with Gasteiger partial charge in [-0.25, -0.2) is 0 Å². The third-order valence-corrected chi connectivity index (χ3v) is 5.16. The maximum Gasteiger partial charge on any atom is 0.246 e. The van der Waals surface area contributed by atoms with E-state index in [1.165, 1.54) is 0 Å². The van der Waals surface area contributed by atoms with Crippen molar-refractivity contribution in [3.05, 3.63) is 48.0 Å². The Labute approximate surface area is 177 Å². The van der Waals surface area contributed by atoms with Crippen LogP contribution in [0.25, 0.3) is 6.08 Å². The van der Waals surface area contributed by atoms with Gasteiger partial charge in [-0.3, -0.25) is 4.79 Å². The molecule has 1 fully saturated rings. The molecule has 0 aliphatic carbocycles. The minimum atomic E-state index is -0.0356. The first-order chi connectivity index (χ1) is 14.6. The first-order valence-corrected chi connectivity index (χ1v) is 9.76. The summed E-state index contributed by atoms with van der Waals surface area (Å²) in [7, 11) is 6.40. The molecule has 2 aromatic rings. The summed E-state index contributed by atoms with van der Waals surface area (Å²) in [4.78, 5) is 16.8. The maximum absolute atomic E-state index is 12.7. The molecule has 30 heavy (non-hydrogen) atoms. The number of ether oxygens (including phenoxy) is 4. The van der Waals surface area contributed by atoms with E-state index in [-0.39, 0.29) is 5.91 Å². The lowest BCUT2D eigenvalue weighted by Crippen LogP contribution is -2.48. The van der Waals surface area contributed by atoms with E-state index < -0.39 is 0 Å². The Morgan fingerprint density at radius 2 is 1.40 bits per heavy atom. The quantitative estimate of drug-likeness (QED) is 0.652. The van der Waals surface area contributed by atoms with Crippen molar-refractivity contribution in [2.24, 2.45) is 0 Å². The Balaban J connectivity index is 1.67. The van der Waals surface area contributed by atoms with Gasteiger partial charge in [0.1, 0.15) is 11.5 Å². The number of anilines is 1. The summed E-state index contributed by atoms with van der Waals surface area (Å²) >= 11 is 0. The van der Waals surface area contributed by atoms with Crippen molar-refractivity contribution < 1.29 is 23.7 Å². The standard InChI is InChI=1S/C23H28N2O5/c1-27-19-8-6-5-7-18(19)24-11-13-25(14-12-24)23(26)10-9-17-15-21(29-3)22(30-4)16-20(17)28-2/h5-10,15-16H,11-14H2,1-4H3/b10-9+. The Kier molecular flexibility index (Phi) is 7.06. The molecule has 0 N–H and O–H groups in total. The molecule has 0 aromatic heterocycles. The number of para-hydroxylation sites is 2. The van der Waals surface area contributed by atoms with E-state index in [0.717, 1.165) is 30.1 Å². The minimum absolute atomic E-state index is 0.0356. The van der Waals surface area contributed by atoms with Gasteiger partial charge in [0, 0.05) is 43.9 Å². The fraction of sp³-hybridized carbons (Fsp3) is 0.348. The number of methoxy groups -OCH3 is 4. The number of carbonyl (C=O) groups is 1. The molecule has 0 radical (unpaired) electrons. The SMILES string of the molecule is COc1cc(OC)c(OC)cc1/C=C/C(=O)N1CCN(c2ccccc2OC)CC1. The zero-order valence-corrected chi connectivity index (χ0v) is 17.9. The molecule has 0 atom stereocenters. The first-order valence-electron chi connectivity index (χ1n) is 9.76. The second-order valence-electron chi connectivity index (χ2n) is 6.77. The summed E-state index contributed by atoms with van der Waals surface area (Å²) < 4.78 is 21.5. The highest BCUT2D eigenvalue weighted by molar-refractivity contribution is 5.92. The molecule has 160 valence electrons. The highest BCUT2D eigenvalue weighted by Crippen LogP contribution is 2.35. The highest BCUT2D eigenvalue weighted by Gasteiger charge is 2.21. The van der Waals surface area contributed by atoms with E-state index in [9.17, 15) is 4.79 Å². The summed E-state index contributed by atoms with van der Waals surface area (Å²) in [5.74, 6) is 2.57. The van der Waals surface area contributed by atoms with Crippen LogP contribution in [0.4, 0.5) is 5.69 Å². The van der Waals surface area contributed by atoms with Crippen LogP contribution >= 0.6 is 0 Å². The third-order valence-electron chi connectivity index (χ3n) is 5.16. The number of carbonyl (C=O) groups excluding carboxylic acids is 1. The van der Waals surface area contributed by atoms with E-state index >= 15 is 0 Å². The lowest BCUT2D eigenvalue weighted by atomic mass is 10.1. The Morgan fingerprint density at radius 3 is 2.03 bits per heavy atom. The van der Waals surface area contributed by atoms with E-state index in [4.69, 9.17) is 18.9 Å². The Morgan fingerprint density at radius 1 is 0.800 bits per heavy atom. The fourth-order valence-corrected chi connectivity index (χ4v) is 3.51. The number of nitrogens with zero attached hydrogens (tertiary/aromatic N) is 2. The molecule has 1 heterocycles. The average Bonchev–Trinajstić information content (AvgIpc) is 2.81. The number of piperazine rings is 1. The van der Waals surface area contributed by atoms with Crippen molar-refractivity contribution in [1.29, 1.82) is 0 Å². The van der Waals surface area contributed by atoms with E-state index in [1.807, 2.05) is 29.2 Å².